The molecule has 150 valence electrons. The fourth-order valence-corrected chi connectivity index (χ4v) is 3.65. The van der Waals surface area contributed by atoms with Crippen LogP contribution in [0.2, 0.25) is 0 Å². The number of nitrogens with zero attached hydrogens (tertiary/aromatic N) is 3. The van der Waals surface area contributed by atoms with E-state index in [-0.39, 0.29) is 0 Å². The summed E-state index contributed by atoms with van der Waals surface area (Å²) in [7, 11) is 1.75. The molecule has 1 aromatic heterocycles. The smallest absolute Gasteiger partial charge is 0.132 e. The Hall–Kier alpha value is -2.35. The summed E-state index contributed by atoms with van der Waals surface area (Å²) in [6, 6.07) is 10.6. The first-order chi connectivity index (χ1) is 13.8. The van der Waals surface area contributed by atoms with Gasteiger partial charge in [-0.25, -0.2) is 4.98 Å². The second kappa shape index (κ2) is 9.23. The Bertz CT molecular complexity index is 762. The normalized spacial score (nSPS) is 17.5. The van der Waals surface area contributed by atoms with Crippen LogP contribution in [0.4, 0.5) is 22.9 Å². The van der Waals surface area contributed by atoms with Crippen LogP contribution in [0.3, 0.4) is 0 Å². The molecule has 0 saturated carbocycles. The van der Waals surface area contributed by atoms with Crippen LogP contribution in [0.1, 0.15) is 5.56 Å². The number of ether oxygens (including phenoxy) is 2. The molecule has 3 heterocycles. The van der Waals surface area contributed by atoms with Gasteiger partial charge in [0.2, 0.25) is 0 Å². The Morgan fingerprint density at radius 1 is 1.18 bits per heavy atom. The van der Waals surface area contributed by atoms with Crippen molar-refractivity contribution in [3.63, 3.8) is 0 Å². The van der Waals surface area contributed by atoms with Gasteiger partial charge in [0.25, 0.3) is 0 Å². The van der Waals surface area contributed by atoms with Gasteiger partial charge in [-0.05, 0) is 24.3 Å². The average molecular weight is 383 g/mol. The Morgan fingerprint density at radius 3 is 2.79 bits per heavy atom. The van der Waals surface area contributed by atoms with Crippen LogP contribution in [0.5, 0.6) is 0 Å². The number of rotatable bonds is 6. The van der Waals surface area contributed by atoms with E-state index < -0.39 is 0 Å². The van der Waals surface area contributed by atoms with Gasteiger partial charge in [-0.15, -0.1) is 0 Å². The Morgan fingerprint density at radius 2 is 2.00 bits per heavy atom. The van der Waals surface area contributed by atoms with Gasteiger partial charge in [-0.1, -0.05) is 0 Å². The number of methoxy groups -OCH3 is 1. The van der Waals surface area contributed by atoms with Crippen LogP contribution in [-0.4, -0.2) is 69.5 Å². The molecule has 2 N–H and O–H groups in total. The molecule has 0 radical (unpaired) electrons. The summed E-state index contributed by atoms with van der Waals surface area (Å²) in [5, 5.41) is 6.95. The molecule has 7 heteroatoms. The van der Waals surface area contributed by atoms with Crippen LogP contribution < -0.4 is 15.5 Å². The second-order valence-electron chi connectivity index (χ2n) is 7.19. The van der Waals surface area contributed by atoms with Crippen molar-refractivity contribution in [1.29, 1.82) is 0 Å². The number of anilines is 4. The number of aromatic nitrogens is 1. The highest BCUT2D eigenvalue weighted by Crippen LogP contribution is 2.25. The van der Waals surface area contributed by atoms with E-state index in [9.17, 15) is 0 Å². The van der Waals surface area contributed by atoms with Crippen molar-refractivity contribution in [2.45, 2.75) is 6.54 Å². The van der Waals surface area contributed by atoms with Gasteiger partial charge >= 0.3 is 0 Å². The summed E-state index contributed by atoms with van der Waals surface area (Å²) < 4.78 is 10.6. The van der Waals surface area contributed by atoms with E-state index in [2.05, 4.69) is 55.7 Å². The minimum Gasteiger partial charge on any atom is -0.383 e. The van der Waals surface area contributed by atoms with Crippen LogP contribution >= 0.6 is 0 Å². The molecule has 2 aliphatic rings. The maximum atomic E-state index is 5.43. The lowest BCUT2D eigenvalue weighted by atomic mass is 10.2. The molecule has 2 aliphatic heterocycles. The molecule has 1 fully saturated rings. The van der Waals surface area contributed by atoms with E-state index in [1.807, 2.05) is 6.20 Å². The standard InChI is InChI=1S/C21H29N5O2/c1-27-11-8-25-7-6-22-20-14-21(23-15-17(20)16-25)24-18-2-4-19(5-3-18)26-9-12-28-13-10-26/h2-5,14-15,22H,6-13,16H2,1H3,(H,23,24). The number of pyridine rings is 1. The number of morpholine rings is 1. The molecule has 0 atom stereocenters. The molecule has 28 heavy (non-hydrogen) atoms. The molecule has 2 aromatic rings. The molecule has 4 rings (SSSR count). The highest BCUT2D eigenvalue weighted by atomic mass is 16.5. The summed E-state index contributed by atoms with van der Waals surface area (Å²) >= 11 is 0. The van der Waals surface area contributed by atoms with Crippen molar-refractivity contribution in [3.05, 3.63) is 42.1 Å². The molecule has 0 unspecified atom stereocenters. The first-order valence-electron chi connectivity index (χ1n) is 9.96. The van der Waals surface area contributed by atoms with Crippen LogP contribution in [-0.2, 0) is 16.0 Å². The SMILES string of the molecule is COCCN1CCNc2cc(Nc3ccc(N4CCOCC4)cc3)ncc2C1. The third-order valence-electron chi connectivity index (χ3n) is 5.25. The lowest BCUT2D eigenvalue weighted by molar-refractivity contribution is 0.122. The van der Waals surface area contributed by atoms with Gasteiger partial charge in [-0.2, -0.15) is 0 Å². The largest absolute Gasteiger partial charge is 0.383 e. The first kappa shape index (κ1) is 19.0. The van der Waals surface area contributed by atoms with Gasteiger partial charge < -0.3 is 25.0 Å². The lowest BCUT2D eigenvalue weighted by Crippen LogP contribution is -2.36. The molecule has 1 saturated heterocycles. The zero-order valence-electron chi connectivity index (χ0n) is 16.5. The number of hydrogen-bond donors (Lipinski definition) is 2. The molecule has 0 aliphatic carbocycles. The highest BCUT2D eigenvalue weighted by Gasteiger charge is 2.15. The average Bonchev–Trinajstić information content (AvgIpc) is 2.95. The molecule has 0 amide bonds. The monoisotopic (exact) mass is 383 g/mol. The van der Waals surface area contributed by atoms with Crippen LogP contribution in [0, 0.1) is 0 Å². The molecular formula is C21H29N5O2. The van der Waals surface area contributed by atoms with E-state index in [0.717, 1.165) is 76.3 Å². The summed E-state index contributed by atoms with van der Waals surface area (Å²) in [5.41, 5.74) is 4.66. The van der Waals surface area contributed by atoms with Crippen molar-refractivity contribution in [2.24, 2.45) is 0 Å². The van der Waals surface area contributed by atoms with E-state index in [1.165, 1.54) is 11.3 Å². The minimum atomic E-state index is 0.753. The summed E-state index contributed by atoms with van der Waals surface area (Å²) in [6.45, 7) is 8.02. The topological polar surface area (TPSA) is 61.9 Å². The number of fused-ring (bicyclic) bond motifs is 1. The van der Waals surface area contributed by atoms with Crippen LogP contribution in [0.15, 0.2) is 36.5 Å². The fraction of sp³-hybridized carbons (Fsp3) is 0.476. The Balaban J connectivity index is 1.41. The van der Waals surface area contributed by atoms with Crippen molar-refractivity contribution in [2.75, 3.05) is 75.2 Å². The third kappa shape index (κ3) is 4.73. The van der Waals surface area contributed by atoms with E-state index in [0.29, 0.717) is 0 Å². The Kier molecular flexibility index (Phi) is 6.26. The van der Waals surface area contributed by atoms with E-state index >= 15 is 0 Å². The van der Waals surface area contributed by atoms with Crippen molar-refractivity contribution in [3.8, 4) is 0 Å². The van der Waals surface area contributed by atoms with Gasteiger partial charge in [0.15, 0.2) is 0 Å². The molecular weight excluding hydrogens is 354 g/mol. The fourth-order valence-electron chi connectivity index (χ4n) is 3.65. The molecule has 1 aromatic carbocycles. The molecule has 0 bridgehead atoms. The second-order valence-corrected chi connectivity index (χ2v) is 7.19. The lowest BCUT2D eigenvalue weighted by Gasteiger charge is -2.28. The van der Waals surface area contributed by atoms with Gasteiger partial charge in [0.05, 0.1) is 19.8 Å². The molecule has 0 spiro atoms. The van der Waals surface area contributed by atoms with Crippen molar-refractivity contribution < 1.29 is 9.47 Å². The maximum Gasteiger partial charge on any atom is 0.132 e. The quantitative estimate of drug-likeness (QED) is 0.795. The Labute approximate surface area is 166 Å². The maximum absolute atomic E-state index is 5.43. The first-order valence-corrected chi connectivity index (χ1v) is 9.96. The number of nitrogens with one attached hydrogen (secondary N) is 2. The zero-order chi connectivity index (χ0) is 19.2. The predicted octanol–water partition coefficient (Wildman–Crippen LogP) is 2.54. The summed E-state index contributed by atoms with van der Waals surface area (Å²) in [4.78, 5) is 9.36. The third-order valence-corrected chi connectivity index (χ3v) is 5.25. The van der Waals surface area contributed by atoms with Gasteiger partial charge in [0, 0.05) is 81.3 Å². The van der Waals surface area contributed by atoms with Crippen LogP contribution in [0.25, 0.3) is 0 Å². The van der Waals surface area contributed by atoms with Gasteiger partial charge in [-0.3, -0.25) is 4.90 Å². The predicted molar refractivity (Wildman–Crippen MR) is 113 cm³/mol. The number of hydrogen-bond acceptors (Lipinski definition) is 7. The van der Waals surface area contributed by atoms with E-state index in [4.69, 9.17) is 9.47 Å². The summed E-state index contributed by atoms with van der Waals surface area (Å²) in [6.07, 6.45) is 1.97. The number of benzene rings is 1. The van der Waals surface area contributed by atoms with Crippen molar-refractivity contribution >= 4 is 22.9 Å². The zero-order valence-corrected chi connectivity index (χ0v) is 16.5. The minimum absolute atomic E-state index is 0.753. The van der Waals surface area contributed by atoms with Gasteiger partial charge in [0.1, 0.15) is 5.82 Å². The van der Waals surface area contributed by atoms with E-state index in [1.54, 1.807) is 7.11 Å². The molecule has 7 nitrogen and oxygen atoms in total. The summed E-state index contributed by atoms with van der Waals surface area (Å²) in [5.74, 6) is 0.857. The van der Waals surface area contributed by atoms with Crippen molar-refractivity contribution in [1.82, 2.24) is 9.88 Å². The highest BCUT2D eigenvalue weighted by molar-refractivity contribution is 5.65.